The Balaban J connectivity index is 2.03. The highest BCUT2D eigenvalue weighted by Crippen LogP contribution is 2.43. The fourth-order valence-electron chi connectivity index (χ4n) is 4.81. The molecule has 0 bridgehead atoms. The van der Waals surface area contributed by atoms with E-state index in [4.69, 9.17) is 9.72 Å². The Kier molecular flexibility index (Phi) is 6.07. The van der Waals surface area contributed by atoms with Gasteiger partial charge in [-0.15, -0.1) is 9.24 Å². The van der Waals surface area contributed by atoms with Gasteiger partial charge in [-0.25, -0.2) is 4.98 Å². The van der Waals surface area contributed by atoms with Crippen LogP contribution in [0.3, 0.4) is 0 Å². The molecule has 2 aliphatic rings. The number of carbonyl (C=O) groups excluding carboxylic acids is 1. The molecule has 2 aromatic rings. The predicted octanol–water partition coefficient (Wildman–Crippen LogP) is 3.63. The van der Waals surface area contributed by atoms with Crippen LogP contribution >= 0.6 is 9.24 Å². The molecule has 2 atom stereocenters. The molecule has 4 rings (SSSR count). The second kappa shape index (κ2) is 8.62. The number of hydrogen-bond donors (Lipinski definition) is 1. The predicted molar refractivity (Wildman–Crippen MR) is 125 cm³/mol. The number of nitrogens with zero attached hydrogens (tertiary/aromatic N) is 2. The van der Waals surface area contributed by atoms with Crippen LogP contribution in [0.1, 0.15) is 66.3 Å². The van der Waals surface area contributed by atoms with Crippen molar-refractivity contribution in [2.45, 2.75) is 52.4 Å². The molecule has 1 aliphatic carbocycles. The van der Waals surface area contributed by atoms with Crippen LogP contribution < -0.4 is 5.56 Å². The number of aliphatic hydroxyl groups excluding tert-OH is 1. The molecule has 3 heterocycles. The quantitative estimate of drug-likeness (QED) is 0.486. The zero-order valence-electron chi connectivity index (χ0n) is 18.1. The Morgan fingerprint density at radius 1 is 1.35 bits per heavy atom. The summed E-state index contributed by atoms with van der Waals surface area (Å²) in [5.74, 6) is 1.90. The van der Waals surface area contributed by atoms with Crippen molar-refractivity contribution in [3.8, 4) is 11.4 Å². The normalized spacial score (nSPS) is 15.6. The molecule has 7 heteroatoms. The molecule has 0 radical (unpaired) electrons. The second-order valence-electron chi connectivity index (χ2n) is 8.24. The summed E-state index contributed by atoms with van der Waals surface area (Å²) in [5, 5.41) is 10.3. The largest absolute Gasteiger partial charge is 0.381 e. The van der Waals surface area contributed by atoms with Crippen molar-refractivity contribution in [1.82, 2.24) is 9.55 Å². The summed E-state index contributed by atoms with van der Waals surface area (Å²) in [4.78, 5) is 29.6. The van der Waals surface area contributed by atoms with Crippen LogP contribution in [-0.2, 0) is 29.1 Å². The van der Waals surface area contributed by atoms with Gasteiger partial charge in [-0.05, 0) is 56.4 Å². The van der Waals surface area contributed by atoms with E-state index < -0.39 is 6.10 Å². The van der Waals surface area contributed by atoms with Crippen molar-refractivity contribution in [1.29, 1.82) is 0 Å². The van der Waals surface area contributed by atoms with E-state index >= 15 is 0 Å². The van der Waals surface area contributed by atoms with Crippen molar-refractivity contribution in [3.05, 3.63) is 61.3 Å². The molecule has 0 saturated heterocycles. The molecular weight excluding hydrogens is 411 g/mol. The summed E-state index contributed by atoms with van der Waals surface area (Å²) in [7, 11) is 4.09. The SMILES string of the molecule is COCc1c(C(O)C=O)cc2n(c1=O)Cc1c-2nc(/C=C/P)c2c1CCCC2=C(C)C. The molecule has 0 aromatic carbocycles. The van der Waals surface area contributed by atoms with Gasteiger partial charge in [-0.3, -0.25) is 4.79 Å². The Morgan fingerprint density at radius 2 is 2.13 bits per heavy atom. The van der Waals surface area contributed by atoms with Gasteiger partial charge in [-0.2, -0.15) is 0 Å². The third-order valence-corrected chi connectivity index (χ3v) is 6.38. The number of pyridine rings is 2. The number of aliphatic hydroxyl groups is 1. The molecule has 1 N–H and O–H groups in total. The van der Waals surface area contributed by atoms with Crippen LogP contribution in [-0.4, -0.2) is 28.1 Å². The first-order chi connectivity index (χ1) is 14.9. The minimum absolute atomic E-state index is 0.0319. The minimum atomic E-state index is -1.38. The topological polar surface area (TPSA) is 81.4 Å². The lowest BCUT2D eigenvalue weighted by Gasteiger charge is -2.25. The molecule has 162 valence electrons. The van der Waals surface area contributed by atoms with E-state index in [1.165, 1.54) is 29.4 Å². The summed E-state index contributed by atoms with van der Waals surface area (Å²) >= 11 is 0. The number of aromatic nitrogens is 2. The van der Waals surface area contributed by atoms with E-state index in [2.05, 4.69) is 23.1 Å². The number of fused-ring (bicyclic) bond motifs is 5. The van der Waals surface area contributed by atoms with Crippen LogP contribution in [0.25, 0.3) is 23.0 Å². The summed E-state index contributed by atoms with van der Waals surface area (Å²) in [5.41, 5.74) is 8.75. The lowest BCUT2D eigenvalue weighted by Crippen LogP contribution is -2.26. The fourth-order valence-corrected chi connectivity index (χ4v) is 4.99. The maximum Gasteiger partial charge on any atom is 0.257 e. The van der Waals surface area contributed by atoms with Crippen molar-refractivity contribution in [3.63, 3.8) is 0 Å². The van der Waals surface area contributed by atoms with Crippen LogP contribution in [0.15, 0.2) is 22.3 Å². The average Bonchev–Trinajstić information content (AvgIpc) is 3.14. The van der Waals surface area contributed by atoms with Gasteiger partial charge in [0.2, 0.25) is 0 Å². The summed E-state index contributed by atoms with van der Waals surface area (Å²) < 4.78 is 6.88. The zero-order chi connectivity index (χ0) is 22.3. The summed E-state index contributed by atoms with van der Waals surface area (Å²) in [6, 6.07) is 1.72. The monoisotopic (exact) mass is 438 g/mol. The Hall–Kier alpha value is -2.40. The van der Waals surface area contributed by atoms with Crippen LogP contribution in [0.4, 0.5) is 0 Å². The molecule has 31 heavy (non-hydrogen) atoms. The first-order valence-electron chi connectivity index (χ1n) is 10.4. The number of hydrogen-bond acceptors (Lipinski definition) is 5. The van der Waals surface area contributed by atoms with E-state index in [1.807, 2.05) is 11.9 Å². The third-order valence-electron chi connectivity index (χ3n) is 6.18. The van der Waals surface area contributed by atoms with E-state index in [1.54, 1.807) is 10.6 Å². The Morgan fingerprint density at radius 3 is 2.77 bits per heavy atom. The summed E-state index contributed by atoms with van der Waals surface area (Å²) in [6.07, 6.45) is 4.06. The molecular formula is C24H27N2O4P. The van der Waals surface area contributed by atoms with Gasteiger partial charge in [0, 0.05) is 29.4 Å². The Labute approximate surface area is 183 Å². The zero-order valence-corrected chi connectivity index (χ0v) is 19.2. The standard InChI is InChI=1S/C24H27N2O4P/c1-13(2)14-5-4-6-15-17-10-26-20(23(17)25-19(7-8-31)22(14)15)9-16(21(28)11-27)18(12-30-3)24(26)29/h7-9,11,21,28H,4-6,10,12,31H2,1-3H3/b8-7+. The van der Waals surface area contributed by atoms with E-state index in [9.17, 15) is 14.7 Å². The van der Waals surface area contributed by atoms with Crippen molar-refractivity contribution < 1.29 is 14.6 Å². The van der Waals surface area contributed by atoms with Gasteiger partial charge < -0.3 is 19.2 Å². The van der Waals surface area contributed by atoms with Gasteiger partial charge in [0.25, 0.3) is 5.56 Å². The Bertz CT molecular complexity index is 1190. The lowest BCUT2D eigenvalue weighted by atomic mass is 9.81. The summed E-state index contributed by atoms with van der Waals surface area (Å²) in [6.45, 7) is 4.74. The van der Waals surface area contributed by atoms with Gasteiger partial charge in [-0.1, -0.05) is 11.4 Å². The minimum Gasteiger partial charge on any atom is -0.381 e. The molecule has 2 unspecified atom stereocenters. The molecule has 6 nitrogen and oxygen atoms in total. The first-order valence-corrected chi connectivity index (χ1v) is 11.1. The number of carbonyl (C=O) groups is 1. The molecule has 0 saturated carbocycles. The first kappa shape index (κ1) is 21.8. The van der Waals surface area contributed by atoms with E-state index in [0.29, 0.717) is 24.1 Å². The van der Waals surface area contributed by atoms with Gasteiger partial charge in [0.15, 0.2) is 6.29 Å². The molecule has 2 aromatic heterocycles. The molecule has 0 fully saturated rings. The highest BCUT2D eigenvalue weighted by atomic mass is 31.0. The highest BCUT2D eigenvalue weighted by molar-refractivity contribution is 7.21. The van der Waals surface area contributed by atoms with Crippen molar-refractivity contribution in [2.75, 3.05) is 7.11 Å². The number of methoxy groups -OCH3 is 1. The van der Waals surface area contributed by atoms with Crippen molar-refractivity contribution >= 4 is 27.2 Å². The molecule has 0 amide bonds. The van der Waals surface area contributed by atoms with Crippen LogP contribution in [0, 0.1) is 0 Å². The number of aldehydes is 1. The van der Waals surface area contributed by atoms with Gasteiger partial charge in [0.1, 0.15) is 6.10 Å². The van der Waals surface area contributed by atoms with Gasteiger partial charge >= 0.3 is 0 Å². The lowest BCUT2D eigenvalue weighted by molar-refractivity contribution is -0.115. The van der Waals surface area contributed by atoms with E-state index in [0.717, 1.165) is 36.2 Å². The number of rotatable bonds is 5. The fraction of sp³-hybridized carbons (Fsp3) is 0.375. The van der Waals surface area contributed by atoms with Crippen LogP contribution in [0.2, 0.25) is 0 Å². The van der Waals surface area contributed by atoms with Gasteiger partial charge in [0.05, 0.1) is 30.2 Å². The highest BCUT2D eigenvalue weighted by Gasteiger charge is 2.32. The van der Waals surface area contributed by atoms with E-state index in [-0.39, 0.29) is 17.7 Å². The van der Waals surface area contributed by atoms with Crippen LogP contribution in [0.5, 0.6) is 0 Å². The second-order valence-corrected chi connectivity index (χ2v) is 8.62. The van der Waals surface area contributed by atoms with Crippen molar-refractivity contribution in [2.24, 2.45) is 0 Å². The molecule has 1 aliphatic heterocycles. The smallest absolute Gasteiger partial charge is 0.257 e. The maximum atomic E-state index is 13.3. The average molecular weight is 438 g/mol. The molecule has 0 spiro atoms. The third kappa shape index (κ3) is 3.53. The maximum absolute atomic E-state index is 13.3. The number of allylic oxidation sites excluding steroid dienone is 2. The number of ether oxygens (including phenoxy) is 1.